The summed E-state index contributed by atoms with van der Waals surface area (Å²) < 4.78 is 5.84. The zero-order valence-corrected chi connectivity index (χ0v) is 11.9. The number of benzene rings is 1. The van der Waals surface area contributed by atoms with E-state index in [1.165, 1.54) is 5.56 Å². The van der Waals surface area contributed by atoms with Crippen LogP contribution < -0.4 is 10.1 Å². The number of ether oxygens (including phenoxy) is 1. The molecule has 20 heavy (non-hydrogen) atoms. The van der Waals surface area contributed by atoms with Crippen molar-refractivity contribution in [3.63, 3.8) is 0 Å². The van der Waals surface area contributed by atoms with E-state index in [1.54, 1.807) is 0 Å². The number of hydrogen-bond donors (Lipinski definition) is 1. The topological polar surface area (TPSA) is 47.0 Å². The minimum Gasteiger partial charge on any atom is -0.493 e. The van der Waals surface area contributed by atoms with Gasteiger partial charge in [-0.1, -0.05) is 18.2 Å². The molecule has 1 aliphatic heterocycles. The van der Waals surface area contributed by atoms with Crippen LogP contribution in [0.4, 0.5) is 5.95 Å². The van der Waals surface area contributed by atoms with Crippen LogP contribution in [0.5, 0.6) is 5.75 Å². The Labute approximate surface area is 119 Å². The molecule has 1 unspecified atom stereocenters. The third-order valence-corrected chi connectivity index (χ3v) is 3.58. The van der Waals surface area contributed by atoms with Crippen LogP contribution in [0.25, 0.3) is 0 Å². The van der Waals surface area contributed by atoms with Gasteiger partial charge < -0.3 is 10.1 Å². The number of aryl methyl sites for hydroxylation is 1. The molecule has 0 fully saturated rings. The van der Waals surface area contributed by atoms with Gasteiger partial charge in [0.1, 0.15) is 5.75 Å². The van der Waals surface area contributed by atoms with Gasteiger partial charge in [-0.15, -0.1) is 0 Å². The number of hydrogen-bond acceptors (Lipinski definition) is 4. The number of anilines is 1. The first kappa shape index (κ1) is 12.9. The molecule has 4 heteroatoms. The highest BCUT2D eigenvalue weighted by Crippen LogP contribution is 2.28. The fourth-order valence-corrected chi connectivity index (χ4v) is 2.67. The van der Waals surface area contributed by atoms with Crippen molar-refractivity contribution in [1.29, 1.82) is 0 Å². The van der Waals surface area contributed by atoms with Gasteiger partial charge in [-0.3, -0.25) is 0 Å². The van der Waals surface area contributed by atoms with Crippen molar-refractivity contribution in [1.82, 2.24) is 9.97 Å². The maximum Gasteiger partial charge on any atom is 0.222 e. The third kappa shape index (κ3) is 2.74. The van der Waals surface area contributed by atoms with Crippen LogP contribution in [0, 0.1) is 12.8 Å². The number of para-hydroxylation sites is 1. The summed E-state index contributed by atoms with van der Waals surface area (Å²) >= 11 is 0. The summed E-state index contributed by atoms with van der Waals surface area (Å²) in [5.74, 6) is 2.19. The smallest absolute Gasteiger partial charge is 0.222 e. The second-order valence-corrected chi connectivity index (χ2v) is 5.27. The van der Waals surface area contributed by atoms with E-state index in [1.807, 2.05) is 26.1 Å². The minimum atomic E-state index is 0.476. The maximum atomic E-state index is 5.84. The fraction of sp³-hybridized carbons (Fsp3) is 0.375. The van der Waals surface area contributed by atoms with Crippen LogP contribution in [-0.4, -0.2) is 23.6 Å². The van der Waals surface area contributed by atoms with E-state index in [0.29, 0.717) is 11.9 Å². The third-order valence-electron chi connectivity index (χ3n) is 3.58. The quantitative estimate of drug-likeness (QED) is 0.930. The van der Waals surface area contributed by atoms with Gasteiger partial charge in [-0.2, -0.15) is 0 Å². The maximum absolute atomic E-state index is 5.84. The molecule has 0 bridgehead atoms. The van der Waals surface area contributed by atoms with Gasteiger partial charge in [-0.05, 0) is 37.5 Å². The SMILES string of the molecule is CNc1nc(C)cc(CC2COc3ccccc3C2)n1. The molecule has 0 aliphatic carbocycles. The van der Waals surface area contributed by atoms with Gasteiger partial charge in [0.2, 0.25) is 5.95 Å². The predicted octanol–water partition coefficient (Wildman–Crippen LogP) is 2.62. The molecule has 104 valence electrons. The number of rotatable bonds is 3. The van der Waals surface area contributed by atoms with Gasteiger partial charge in [0, 0.05) is 24.4 Å². The summed E-state index contributed by atoms with van der Waals surface area (Å²) in [6, 6.07) is 10.3. The van der Waals surface area contributed by atoms with Gasteiger partial charge in [0.15, 0.2) is 0 Å². The zero-order chi connectivity index (χ0) is 13.9. The van der Waals surface area contributed by atoms with Gasteiger partial charge in [-0.25, -0.2) is 9.97 Å². The molecule has 0 spiro atoms. The average molecular weight is 269 g/mol. The Morgan fingerprint density at radius 1 is 1.30 bits per heavy atom. The largest absolute Gasteiger partial charge is 0.493 e. The Morgan fingerprint density at radius 2 is 2.15 bits per heavy atom. The van der Waals surface area contributed by atoms with Crippen molar-refractivity contribution >= 4 is 5.95 Å². The number of aromatic nitrogens is 2. The summed E-state index contributed by atoms with van der Waals surface area (Å²) in [7, 11) is 1.85. The lowest BCUT2D eigenvalue weighted by atomic mass is 9.92. The predicted molar refractivity (Wildman–Crippen MR) is 79.2 cm³/mol. The highest BCUT2D eigenvalue weighted by Gasteiger charge is 2.20. The first-order valence-electron chi connectivity index (χ1n) is 6.97. The van der Waals surface area contributed by atoms with Crippen LogP contribution in [0.3, 0.4) is 0 Å². The van der Waals surface area contributed by atoms with E-state index in [-0.39, 0.29) is 0 Å². The Bertz CT molecular complexity index is 612. The average Bonchev–Trinajstić information content (AvgIpc) is 2.46. The monoisotopic (exact) mass is 269 g/mol. The van der Waals surface area contributed by atoms with Crippen molar-refractivity contribution in [3.8, 4) is 5.75 Å². The Morgan fingerprint density at radius 3 is 3.00 bits per heavy atom. The molecule has 0 saturated carbocycles. The van der Waals surface area contributed by atoms with Gasteiger partial charge >= 0.3 is 0 Å². The number of nitrogens with one attached hydrogen (secondary N) is 1. The van der Waals surface area contributed by atoms with Crippen LogP contribution in [0.15, 0.2) is 30.3 Å². The molecule has 1 N–H and O–H groups in total. The van der Waals surface area contributed by atoms with Crippen molar-refractivity contribution in [2.24, 2.45) is 5.92 Å². The van der Waals surface area contributed by atoms with E-state index < -0.39 is 0 Å². The first-order chi connectivity index (χ1) is 9.74. The summed E-state index contributed by atoms with van der Waals surface area (Å²) in [5.41, 5.74) is 3.37. The molecule has 1 aliphatic rings. The summed E-state index contributed by atoms with van der Waals surface area (Å²) in [4.78, 5) is 8.85. The highest BCUT2D eigenvalue weighted by atomic mass is 16.5. The molecule has 1 aromatic heterocycles. The van der Waals surface area contributed by atoms with Crippen molar-refractivity contribution in [3.05, 3.63) is 47.3 Å². The minimum absolute atomic E-state index is 0.476. The molecule has 3 rings (SSSR count). The summed E-state index contributed by atoms with van der Waals surface area (Å²) in [6.07, 6.45) is 1.97. The normalized spacial score (nSPS) is 17.2. The lowest BCUT2D eigenvalue weighted by Crippen LogP contribution is -2.23. The standard InChI is InChI=1S/C16H19N3O/c1-11-7-14(19-16(17-2)18-11)9-12-8-13-5-3-4-6-15(13)20-10-12/h3-7,12H,8-10H2,1-2H3,(H,17,18,19). The van der Waals surface area contributed by atoms with E-state index in [9.17, 15) is 0 Å². The second-order valence-electron chi connectivity index (χ2n) is 5.27. The molecule has 2 heterocycles. The lowest BCUT2D eigenvalue weighted by Gasteiger charge is -2.25. The highest BCUT2D eigenvalue weighted by molar-refractivity contribution is 5.35. The van der Waals surface area contributed by atoms with E-state index in [0.717, 1.165) is 36.6 Å². The second kappa shape index (κ2) is 5.49. The van der Waals surface area contributed by atoms with E-state index >= 15 is 0 Å². The van der Waals surface area contributed by atoms with Crippen LogP contribution in [-0.2, 0) is 12.8 Å². The molecular weight excluding hydrogens is 250 g/mol. The molecule has 1 aromatic carbocycles. The van der Waals surface area contributed by atoms with Crippen molar-refractivity contribution < 1.29 is 4.74 Å². The van der Waals surface area contributed by atoms with Gasteiger partial charge in [0.25, 0.3) is 0 Å². The van der Waals surface area contributed by atoms with Crippen LogP contribution in [0.2, 0.25) is 0 Å². The molecule has 2 aromatic rings. The molecule has 0 amide bonds. The Balaban J connectivity index is 1.75. The first-order valence-corrected chi connectivity index (χ1v) is 6.97. The summed E-state index contributed by atoms with van der Waals surface area (Å²) in [6.45, 7) is 2.76. The lowest BCUT2D eigenvalue weighted by molar-refractivity contribution is 0.220. The van der Waals surface area contributed by atoms with E-state index in [4.69, 9.17) is 4.74 Å². The summed E-state index contributed by atoms with van der Waals surface area (Å²) in [5, 5.41) is 3.01. The Hall–Kier alpha value is -2.10. The Kier molecular flexibility index (Phi) is 3.54. The van der Waals surface area contributed by atoms with Crippen molar-refractivity contribution in [2.45, 2.75) is 19.8 Å². The molecular formula is C16H19N3O. The number of fused-ring (bicyclic) bond motifs is 1. The van der Waals surface area contributed by atoms with Crippen LogP contribution >= 0.6 is 0 Å². The van der Waals surface area contributed by atoms with Crippen LogP contribution in [0.1, 0.15) is 17.0 Å². The fourth-order valence-electron chi connectivity index (χ4n) is 2.67. The van der Waals surface area contributed by atoms with E-state index in [2.05, 4.69) is 33.5 Å². The molecule has 4 nitrogen and oxygen atoms in total. The molecule has 1 atom stereocenters. The molecule has 0 radical (unpaired) electrons. The number of nitrogens with zero attached hydrogens (tertiary/aromatic N) is 2. The molecule has 0 saturated heterocycles. The van der Waals surface area contributed by atoms with Crippen molar-refractivity contribution in [2.75, 3.05) is 19.0 Å². The van der Waals surface area contributed by atoms with Gasteiger partial charge in [0.05, 0.1) is 6.61 Å². The zero-order valence-electron chi connectivity index (χ0n) is 11.9.